The third-order valence-electron chi connectivity index (χ3n) is 1.87. The molecule has 1 aromatic rings. The van der Waals surface area contributed by atoms with Crippen molar-refractivity contribution in [2.75, 3.05) is 0 Å². The largest absolute Gasteiger partial charge is 0.384 e. The van der Waals surface area contributed by atoms with Crippen LogP contribution in [0.15, 0.2) is 35.9 Å². The number of aliphatic hydroxyl groups excluding tert-OH is 1. The molecule has 1 unspecified atom stereocenters. The van der Waals surface area contributed by atoms with E-state index in [0.717, 1.165) is 11.1 Å². The number of hydrogen-bond donors (Lipinski definition) is 1. The van der Waals surface area contributed by atoms with E-state index in [9.17, 15) is 5.11 Å². The lowest BCUT2D eigenvalue weighted by molar-refractivity contribution is 0.227. The van der Waals surface area contributed by atoms with Gasteiger partial charge in [-0.05, 0) is 26.3 Å². The van der Waals surface area contributed by atoms with E-state index < -0.39 is 6.10 Å². The van der Waals surface area contributed by atoms with Gasteiger partial charge in [-0.2, -0.15) is 0 Å². The molecule has 1 N–H and O–H groups in total. The standard InChI is InChI=1S/C12H16O/c1-9(2)7-12(13)11-6-4-5-10(3)8-11/h4-8,12-13H,1-3H3. The third kappa shape index (κ3) is 3.03. The number of aryl methyl sites for hydroxylation is 1. The van der Waals surface area contributed by atoms with Crippen LogP contribution < -0.4 is 0 Å². The molecule has 1 atom stereocenters. The second-order valence-electron chi connectivity index (χ2n) is 3.60. The maximum absolute atomic E-state index is 9.74. The Hall–Kier alpha value is -1.08. The van der Waals surface area contributed by atoms with Crippen molar-refractivity contribution in [3.63, 3.8) is 0 Å². The summed E-state index contributed by atoms with van der Waals surface area (Å²) < 4.78 is 0. The van der Waals surface area contributed by atoms with Gasteiger partial charge in [0, 0.05) is 0 Å². The van der Waals surface area contributed by atoms with E-state index in [1.165, 1.54) is 5.56 Å². The molecular formula is C12H16O. The molecule has 0 radical (unpaired) electrons. The second-order valence-corrected chi connectivity index (χ2v) is 3.60. The lowest BCUT2D eigenvalue weighted by Crippen LogP contribution is -1.93. The van der Waals surface area contributed by atoms with Crippen molar-refractivity contribution in [2.45, 2.75) is 26.9 Å². The Kier molecular flexibility index (Phi) is 3.26. The topological polar surface area (TPSA) is 20.2 Å². The van der Waals surface area contributed by atoms with Gasteiger partial charge in [0.05, 0.1) is 6.10 Å². The van der Waals surface area contributed by atoms with Crippen LogP contribution in [-0.4, -0.2) is 5.11 Å². The van der Waals surface area contributed by atoms with E-state index in [1.807, 2.05) is 51.1 Å². The SMILES string of the molecule is CC(C)=CC(O)c1cccc(C)c1. The third-order valence-corrected chi connectivity index (χ3v) is 1.87. The van der Waals surface area contributed by atoms with Gasteiger partial charge in [0.15, 0.2) is 0 Å². The highest BCUT2D eigenvalue weighted by Gasteiger charge is 2.02. The molecule has 0 saturated carbocycles. The Morgan fingerprint density at radius 1 is 1.38 bits per heavy atom. The Morgan fingerprint density at radius 2 is 2.08 bits per heavy atom. The molecule has 70 valence electrons. The first-order valence-corrected chi connectivity index (χ1v) is 4.49. The lowest BCUT2D eigenvalue weighted by atomic mass is 10.1. The molecule has 1 heteroatoms. The average Bonchev–Trinajstić information content (AvgIpc) is 2.03. The molecule has 0 saturated heterocycles. The highest BCUT2D eigenvalue weighted by Crippen LogP contribution is 2.16. The molecule has 0 spiro atoms. The molecule has 1 rings (SSSR count). The molecule has 0 amide bonds. The second kappa shape index (κ2) is 4.24. The van der Waals surface area contributed by atoms with Crippen LogP contribution in [0.1, 0.15) is 31.1 Å². The van der Waals surface area contributed by atoms with E-state index in [2.05, 4.69) is 0 Å². The fourth-order valence-electron chi connectivity index (χ4n) is 1.27. The number of allylic oxidation sites excluding steroid dienone is 1. The monoisotopic (exact) mass is 176 g/mol. The molecule has 0 fully saturated rings. The quantitative estimate of drug-likeness (QED) is 0.687. The van der Waals surface area contributed by atoms with E-state index in [-0.39, 0.29) is 0 Å². The van der Waals surface area contributed by atoms with Crippen LogP contribution in [-0.2, 0) is 0 Å². The van der Waals surface area contributed by atoms with Gasteiger partial charge < -0.3 is 5.11 Å². The van der Waals surface area contributed by atoms with E-state index in [4.69, 9.17) is 0 Å². The van der Waals surface area contributed by atoms with Gasteiger partial charge >= 0.3 is 0 Å². The summed E-state index contributed by atoms with van der Waals surface area (Å²) in [6.07, 6.45) is 1.39. The maximum Gasteiger partial charge on any atom is 0.0974 e. The van der Waals surface area contributed by atoms with Crippen molar-refractivity contribution in [3.8, 4) is 0 Å². The van der Waals surface area contributed by atoms with E-state index >= 15 is 0 Å². The summed E-state index contributed by atoms with van der Waals surface area (Å²) in [4.78, 5) is 0. The molecule has 1 aromatic carbocycles. The lowest BCUT2D eigenvalue weighted by Gasteiger charge is -2.07. The zero-order valence-corrected chi connectivity index (χ0v) is 8.41. The number of benzene rings is 1. The predicted octanol–water partition coefficient (Wildman–Crippen LogP) is 2.99. The van der Waals surface area contributed by atoms with Crippen LogP contribution in [0.2, 0.25) is 0 Å². The van der Waals surface area contributed by atoms with Gasteiger partial charge in [0.1, 0.15) is 0 Å². The molecule has 0 aromatic heterocycles. The summed E-state index contributed by atoms with van der Waals surface area (Å²) in [7, 11) is 0. The van der Waals surface area contributed by atoms with Crippen molar-refractivity contribution < 1.29 is 5.11 Å². The van der Waals surface area contributed by atoms with Crippen LogP contribution >= 0.6 is 0 Å². The van der Waals surface area contributed by atoms with Gasteiger partial charge in [-0.25, -0.2) is 0 Å². The zero-order valence-electron chi connectivity index (χ0n) is 8.41. The first-order chi connectivity index (χ1) is 6.09. The molecule has 13 heavy (non-hydrogen) atoms. The van der Waals surface area contributed by atoms with Gasteiger partial charge in [0.25, 0.3) is 0 Å². The summed E-state index contributed by atoms with van der Waals surface area (Å²) in [6, 6.07) is 7.94. The number of rotatable bonds is 2. The first kappa shape index (κ1) is 10.0. The summed E-state index contributed by atoms with van der Waals surface area (Å²) in [5, 5.41) is 9.74. The van der Waals surface area contributed by atoms with Crippen molar-refractivity contribution in [1.29, 1.82) is 0 Å². The Morgan fingerprint density at radius 3 is 2.62 bits per heavy atom. The minimum absolute atomic E-state index is 0.468. The van der Waals surface area contributed by atoms with Crippen LogP contribution in [0.3, 0.4) is 0 Å². The van der Waals surface area contributed by atoms with Crippen molar-refractivity contribution >= 4 is 0 Å². The van der Waals surface area contributed by atoms with Gasteiger partial charge in [0.2, 0.25) is 0 Å². The Bertz CT molecular complexity index is 309. The van der Waals surface area contributed by atoms with Crippen molar-refractivity contribution in [2.24, 2.45) is 0 Å². The molecule has 0 heterocycles. The fourth-order valence-corrected chi connectivity index (χ4v) is 1.27. The maximum atomic E-state index is 9.74. The highest BCUT2D eigenvalue weighted by molar-refractivity contribution is 5.26. The van der Waals surface area contributed by atoms with Crippen LogP contribution in [0.4, 0.5) is 0 Å². The zero-order chi connectivity index (χ0) is 9.84. The smallest absolute Gasteiger partial charge is 0.0974 e. The van der Waals surface area contributed by atoms with E-state index in [0.29, 0.717) is 0 Å². The normalized spacial score (nSPS) is 12.3. The van der Waals surface area contributed by atoms with Gasteiger partial charge in [-0.1, -0.05) is 41.5 Å². The minimum Gasteiger partial charge on any atom is -0.384 e. The predicted molar refractivity (Wildman–Crippen MR) is 55.6 cm³/mol. The van der Waals surface area contributed by atoms with Crippen LogP contribution in [0.25, 0.3) is 0 Å². The summed E-state index contributed by atoms with van der Waals surface area (Å²) in [5.74, 6) is 0. The van der Waals surface area contributed by atoms with E-state index in [1.54, 1.807) is 0 Å². The summed E-state index contributed by atoms with van der Waals surface area (Å²) in [5.41, 5.74) is 3.27. The van der Waals surface area contributed by atoms with Gasteiger partial charge in [-0.3, -0.25) is 0 Å². The molecular weight excluding hydrogens is 160 g/mol. The highest BCUT2D eigenvalue weighted by atomic mass is 16.3. The molecule has 1 nitrogen and oxygen atoms in total. The summed E-state index contributed by atoms with van der Waals surface area (Å²) >= 11 is 0. The van der Waals surface area contributed by atoms with Crippen molar-refractivity contribution in [1.82, 2.24) is 0 Å². The number of aliphatic hydroxyl groups is 1. The van der Waals surface area contributed by atoms with Crippen molar-refractivity contribution in [3.05, 3.63) is 47.0 Å². The fraction of sp³-hybridized carbons (Fsp3) is 0.333. The molecule has 0 aliphatic heterocycles. The average molecular weight is 176 g/mol. The Labute approximate surface area is 79.7 Å². The molecule has 0 aliphatic carbocycles. The van der Waals surface area contributed by atoms with Crippen LogP contribution in [0.5, 0.6) is 0 Å². The number of hydrogen-bond acceptors (Lipinski definition) is 1. The molecule has 0 bridgehead atoms. The van der Waals surface area contributed by atoms with Crippen LogP contribution in [0, 0.1) is 6.92 Å². The molecule has 0 aliphatic rings. The van der Waals surface area contributed by atoms with Gasteiger partial charge in [-0.15, -0.1) is 0 Å². The minimum atomic E-state index is -0.468. The first-order valence-electron chi connectivity index (χ1n) is 4.49. The summed E-state index contributed by atoms with van der Waals surface area (Å²) in [6.45, 7) is 6.00. The Balaban J connectivity index is 2.89.